The Morgan fingerprint density at radius 1 is 1.26 bits per heavy atom. The van der Waals surface area contributed by atoms with Gasteiger partial charge in [0.15, 0.2) is 0 Å². The highest BCUT2D eigenvalue weighted by molar-refractivity contribution is 5.70. The molecule has 0 amide bonds. The lowest BCUT2D eigenvalue weighted by atomic mass is 9.95. The Morgan fingerprint density at radius 3 is 2.37 bits per heavy atom. The van der Waals surface area contributed by atoms with Gasteiger partial charge < -0.3 is 15.2 Å². The molecule has 0 saturated heterocycles. The van der Waals surface area contributed by atoms with E-state index in [1.54, 1.807) is 6.92 Å². The maximum atomic E-state index is 11.2. The first kappa shape index (κ1) is 15.7. The molecule has 2 N–H and O–H groups in total. The Bertz CT molecular complexity index is 420. The van der Waals surface area contributed by atoms with Crippen molar-refractivity contribution in [3.05, 3.63) is 34.4 Å². The number of hydrogen-bond donors (Lipinski definition) is 1. The van der Waals surface area contributed by atoms with E-state index in [4.69, 9.17) is 15.2 Å². The van der Waals surface area contributed by atoms with Crippen LogP contribution in [0.4, 0.5) is 0 Å². The van der Waals surface area contributed by atoms with Gasteiger partial charge in [-0.3, -0.25) is 0 Å². The van der Waals surface area contributed by atoms with E-state index in [0.717, 1.165) is 16.7 Å². The minimum atomic E-state index is -0.355. The Morgan fingerprint density at radius 2 is 1.84 bits per heavy atom. The van der Waals surface area contributed by atoms with Gasteiger partial charge in [0.1, 0.15) is 6.61 Å². The number of rotatable bonds is 6. The Balaban J connectivity index is 2.59. The van der Waals surface area contributed by atoms with Crippen molar-refractivity contribution < 1.29 is 14.3 Å². The minimum Gasteiger partial charge on any atom is -0.464 e. The summed E-state index contributed by atoms with van der Waals surface area (Å²) in [5.74, 6) is -0.355. The summed E-state index contributed by atoms with van der Waals surface area (Å²) < 4.78 is 10.1. The quantitative estimate of drug-likeness (QED) is 0.801. The van der Waals surface area contributed by atoms with Crippen LogP contribution in [0, 0.1) is 20.8 Å². The number of aryl methyl sites for hydroxylation is 3. The summed E-state index contributed by atoms with van der Waals surface area (Å²) in [6, 6.07) is 3.98. The molecular weight excluding hydrogens is 242 g/mol. The molecule has 19 heavy (non-hydrogen) atoms. The smallest absolute Gasteiger partial charge is 0.332 e. The van der Waals surface area contributed by atoms with Crippen molar-refractivity contribution in [1.82, 2.24) is 0 Å². The monoisotopic (exact) mass is 265 g/mol. The molecule has 4 heteroatoms. The molecule has 0 heterocycles. The van der Waals surface area contributed by atoms with E-state index < -0.39 is 0 Å². The van der Waals surface area contributed by atoms with Crippen LogP contribution in [-0.2, 0) is 14.3 Å². The van der Waals surface area contributed by atoms with E-state index in [2.05, 4.69) is 19.1 Å². The average Bonchev–Trinajstić information content (AvgIpc) is 2.27. The fourth-order valence-electron chi connectivity index (χ4n) is 2.33. The van der Waals surface area contributed by atoms with Gasteiger partial charge >= 0.3 is 5.97 Å². The van der Waals surface area contributed by atoms with E-state index in [1.807, 2.05) is 13.8 Å². The number of nitrogens with two attached hydrogens (primary N) is 1. The minimum absolute atomic E-state index is 0.0501. The van der Waals surface area contributed by atoms with E-state index >= 15 is 0 Å². The zero-order valence-corrected chi connectivity index (χ0v) is 12.2. The van der Waals surface area contributed by atoms with Crippen molar-refractivity contribution in [2.45, 2.75) is 33.7 Å². The van der Waals surface area contributed by atoms with Crippen LogP contribution in [0.1, 0.15) is 35.2 Å². The van der Waals surface area contributed by atoms with Gasteiger partial charge in [0.25, 0.3) is 0 Å². The highest BCUT2D eigenvalue weighted by Gasteiger charge is 2.13. The fourth-order valence-corrected chi connectivity index (χ4v) is 2.33. The molecule has 0 radical (unpaired) electrons. The SMILES string of the molecule is CCOC(=O)COCC(N)c1c(C)cc(C)cc1C. The van der Waals surface area contributed by atoms with Crippen LogP contribution in [0.5, 0.6) is 0 Å². The second kappa shape index (κ2) is 7.26. The van der Waals surface area contributed by atoms with Gasteiger partial charge in [0.2, 0.25) is 0 Å². The normalized spacial score (nSPS) is 12.3. The number of hydrogen-bond acceptors (Lipinski definition) is 4. The molecule has 106 valence electrons. The van der Waals surface area contributed by atoms with Crippen LogP contribution in [0.15, 0.2) is 12.1 Å². The summed E-state index contributed by atoms with van der Waals surface area (Å²) in [5, 5.41) is 0. The lowest BCUT2D eigenvalue weighted by Gasteiger charge is -2.18. The van der Waals surface area contributed by atoms with Crippen molar-refractivity contribution in [2.75, 3.05) is 19.8 Å². The molecule has 1 aromatic carbocycles. The highest BCUT2D eigenvalue weighted by atomic mass is 16.6. The van der Waals surface area contributed by atoms with Crippen LogP contribution in [0.2, 0.25) is 0 Å². The summed E-state index contributed by atoms with van der Waals surface area (Å²) >= 11 is 0. The number of carbonyl (C=O) groups excluding carboxylic acids is 1. The van der Waals surface area contributed by atoms with E-state index in [0.29, 0.717) is 13.2 Å². The second-order valence-corrected chi connectivity index (χ2v) is 4.74. The summed E-state index contributed by atoms with van der Waals surface area (Å²) in [4.78, 5) is 11.2. The lowest BCUT2D eigenvalue weighted by Crippen LogP contribution is -2.22. The Hall–Kier alpha value is -1.39. The third kappa shape index (κ3) is 4.65. The van der Waals surface area contributed by atoms with Gasteiger partial charge in [-0.05, 0) is 44.4 Å². The van der Waals surface area contributed by atoms with Crippen molar-refractivity contribution >= 4 is 5.97 Å². The lowest BCUT2D eigenvalue weighted by molar-refractivity contribution is -0.148. The Kier molecular flexibility index (Phi) is 5.99. The van der Waals surface area contributed by atoms with E-state index in [-0.39, 0.29) is 18.6 Å². The molecule has 0 saturated carbocycles. The molecule has 0 aliphatic rings. The van der Waals surface area contributed by atoms with Gasteiger partial charge in [0, 0.05) is 0 Å². The topological polar surface area (TPSA) is 61.5 Å². The number of carbonyl (C=O) groups is 1. The first-order valence-corrected chi connectivity index (χ1v) is 6.52. The molecule has 1 rings (SSSR count). The maximum Gasteiger partial charge on any atom is 0.332 e. The van der Waals surface area contributed by atoms with Gasteiger partial charge in [-0.1, -0.05) is 17.7 Å². The van der Waals surface area contributed by atoms with Crippen LogP contribution in [-0.4, -0.2) is 25.8 Å². The zero-order chi connectivity index (χ0) is 14.4. The number of esters is 1. The number of ether oxygens (including phenoxy) is 2. The van der Waals surface area contributed by atoms with E-state index in [9.17, 15) is 4.79 Å². The fraction of sp³-hybridized carbons (Fsp3) is 0.533. The summed E-state index contributed by atoms with van der Waals surface area (Å²) in [6.07, 6.45) is 0. The zero-order valence-electron chi connectivity index (χ0n) is 12.2. The highest BCUT2D eigenvalue weighted by Crippen LogP contribution is 2.22. The summed E-state index contributed by atoms with van der Waals surface area (Å²) in [5.41, 5.74) is 10.8. The molecule has 0 aliphatic carbocycles. The molecule has 0 aliphatic heterocycles. The van der Waals surface area contributed by atoms with Crippen LogP contribution in [0.25, 0.3) is 0 Å². The summed E-state index contributed by atoms with van der Waals surface area (Å²) in [6.45, 7) is 8.54. The van der Waals surface area contributed by atoms with Crippen LogP contribution < -0.4 is 5.73 Å². The molecule has 0 bridgehead atoms. The predicted octanol–water partition coefficient (Wildman–Crippen LogP) is 2.19. The van der Waals surface area contributed by atoms with Crippen LogP contribution in [0.3, 0.4) is 0 Å². The van der Waals surface area contributed by atoms with Gasteiger partial charge in [0.05, 0.1) is 19.3 Å². The average molecular weight is 265 g/mol. The van der Waals surface area contributed by atoms with Crippen LogP contribution >= 0.6 is 0 Å². The third-order valence-corrected chi connectivity index (χ3v) is 2.93. The number of benzene rings is 1. The van der Waals surface area contributed by atoms with Crippen molar-refractivity contribution in [1.29, 1.82) is 0 Å². The first-order valence-electron chi connectivity index (χ1n) is 6.52. The Labute approximate surface area is 114 Å². The molecule has 1 unspecified atom stereocenters. The van der Waals surface area contributed by atoms with Crippen molar-refractivity contribution in [2.24, 2.45) is 5.73 Å². The molecule has 0 aromatic heterocycles. The first-order chi connectivity index (χ1) is 8.95. The van der Waals surface area contributed by atoms with Gasteiger partial charge in [-0.25, -0.2) is 4.79 Å². The van der Waals surface area contributed by atoms with Crippen molar-refractivity contribution in [3.8, 4) is 0 Å². The molecule has 1 atom stereocenters. The largest absolute Gasteiger partial charge is 0.464 e. The van der Waals surface area contributed by atoms with E-state index in [1.165, 1.54) is 5.56 Å². The molecule has 0 spiro atoms. The molecular formula is C15H23NO3. The maximum absolute atomic E-state index is 11.2. The summed E-state index contributed by atoms with van der Waals surface area (Å²) in [7, 11) is 0. The second-order valence-electron chi connectivity index (χ2n) is 4.74. The molecule has 1 aromatic rings. The molecule has 4 nitrogen and oxygen atoms in total. The standard InChI is InChI=1S/C15H23NO3/c1-5-19-14(17)9-18-8-13(16)15-11(3)6-10(2)7-12(15)4/h6-7,13H,5,8-9,16H2,1-4H3. The van der Waals surface area contributed by atoms with Gasteiger partial charge in [-0.15, -0.1) is 0 Å². The predicted molar refractivity (Wildman–Crippen MR) is 75.0 cm³/mol. The van der Waals surface area contributed by atoms with Gasteiger partial charge in [-0.2, -0.15) is 0 Å². The van der Waals surface area contributed by atoms with Crippen molar-refractivity contribution in [3.63, 3.8) is 0 Å². The molecule has 0 fully saturated rings. The third-order valence-electron chi connectivity index (χ3n) is 2.93.